The molecular weight excluding hydrogens is 332 g/mol. The smallest absolute Gasteiger partial charge is 0.244 e. The number of hydrogen-bond acceptors (Lipinski definition) is 4. The molecule has 2 aromatic carbocycles. The van der Waals surface area contributed by atoms with Crippen LogP contribution in [-0.2, 0) is 11.3 Å². The number of nitrogens with zero attached hydrogens (tertiary/aromatic N) is 3. The maximum Gasteiger partial charge on any atom is 0.244 e. The van der Waals surface area contributed by atoms with Crippen LogP contribution in [0.4, 0.5) is 5.69 Å². The van der Waals surface area contributed by atoms with Crippen LogP contribution in [0.5, 0.6) is 0 Å². The second-order valence-corrected chi connectivity index (χ2v) is 6.80. The van der Waals surface area contributed by atoms with Gasteiger partial charge in [0.15, 0.2) is 0 Å². The highest BCUT2D eigenvalue weighted by Gasteiger charge is 2.08. The fourth-order valence-corrected chi connectivity index (χ4v) is 3.33. The SMILES string of the molecule is Cc1nc(-c2ccc(NC(=O)Cn3cnc4ccccc43)cc2)cs1. The first-order valence-electron chi connectivity index (χ1n) is 7.91. The molecule has 0 saturated heterocycles. The standard InChI is InChI=1S/C19H16N4OS/c1-13-21-17(11-25-13)14-6-8-15(9-7-14)22-19(24)10-23-12-20-16-4-2-3-5-18(16)23/h2-9,11-12H,10H2,1H3,(H,22,24). The molecule has 0 aliphatic carbocycles. The summed E-state index contributed by atoms with van der Waals surface area (Å²) in [5.74, 6) is -0.0830. The Morgan fingerprint density at radius 3 is 2.72 bits per heavy atom. The number of thiazole rings is 1. The summed E-state index contributed by atoms with van der Waals surface area (Å²) in [6.45, 7) is 2.22. The average Bonchev–Trinajstić information content (AvgIpc) is 3.22. The van der Waals surface area contributed by atoms with Crippen molar-refractivity contribution in [3.63, 3.8) is 0 Å². The van der Waals surface area contributed by atoms with Crippen LogP contribution >= 0.6 is 11.3 Å². The lowest BCUT2D eigenvalue weighted by Gasteiger charge is -2.07. The fraction of sp³-hybridized carbons (Fsp3) is 0.105. The monoisotopic (exact) mass is 348 g/mol. The van der Waals surface area contributed by atoms with E-state index in [2.05, 4.69) is 15.3 Å². The maximum atomic E-state index is 12.3. The van der Waals surface area contributed by atoms with E-state index in [1.54, 1.807) is 17.7 Å². The van der Waals surface area contributed by atoms with Crippen molar-refractivity contribution in [1.29, 1.82) is 0 Å². The van der Waals surface area contributed by atoms with Crippen molar-refractivity contribution in [3.8, 4) is 11.3 Å². The van der Waals surface area contributed by atoms with Gasteiger partial charge in [-0.05, 0) is 31.2 Å². The van der Waals surface area contributed by atoms with E-state index in [9.17, 15) is 4.79 Å². The molecule has 0 aliphatic rings. The number of aromatic nitrogens is 3. The van der Waals surface area contributed by atoms with Gasteiger partial charge in [0.2, 0.25) is 5.91 Å². The zero-order valence-electron chi connectivity index (χ0n) is 13.6. The van der Waals surface area contributed by atoms with Gasteiger partial charge in [-0.1, -0.05) is 24.3 Å². The van der Waals surface area contributed by atoms with Crippen LogP contribution < -0.4 is 5.32 Å². The van der Waals surface area contributed by atoms with Gasteiger partial charge < -0.3 is 9.88 Å². The molecule has 0 fully saturated rings. The highest BCUT2D eigenvalue weighted by molar-refractivity contribution is 7.09. The Bertz CT molecular complexity index is 1030. The molecule has 1 amide bonds. The first-order chi connectivity index (χ1) is 12.2. The first kappa shape index (κ1) is 15.5. The number of anilines is 1. The minimum absolute atomic E-state index is 0.0830. The molecule has 0 atom stereocenters. The summed E-state index contributed by atoms with van der Waals surface area (Å²) in [5, 5.41) is 6.00. The van der Waals surface area contributed by atoms with Gasteiger partial charge in [0.05, 0.1) is 28.1 Å². The van der Waals surface area contributed by atoms with Crippen LogP contribution in [0.1, 0.15) is 5.01 Å². The lowest BCUT2D eigenvalue weighted by atomic mass is 10.1. The van der Waals surface area contributed by atoms with Gasteiger partial charge in [0, 0.05) is 16.6 Å². The lowest BCUT2D eigenvalue weighted by Crippen LogP contribution is -2.18. The Morgan fingerprint density at radius 1 is 1.16 bits per heavy atom. The van der Waals surface area contributed by atoms with Crippen molar-refractivity contribution in [2.24, 2.45) is 0 Å². The minimum Gasteiger partial charge on any atom is -0.325 e. The number of amides is 1. The van der Waals surface area contributed by atoms with E-state index in [0.29, 0.717) is 0 Å². The molecule has 0 radical (unpaired) electrons. The van der Waals surface area contributed by atoms with Gasteiger partial charge in [-0.25, -0.2) is 9.97 Å². The van der Waals surface area contributed by atoms with E-state index < -0.39 is 0 Å². The molecule has 0 aliphatic heterocycles. The number of nitrogens with one attached hydrogen (secondary N) is 1. The Morgan fingerprint density at radius 2 is 1.96 bits per heavy atom. The van der Waals surface area contributed by atoms with Gasteiger partial charge >= 0.3 is 0 Å². The second-order valence-electron chi connectivity index (χ2n) is 5.74. The first-order valence-corrected chi connectivity index (χ1v) is 8.79. The Labute approximate surface area is 149 Å². The summed E-state index contributed by atoms with van der Waals surface area (Å²) in [6.07, 6.45) is 1.69. The maximum absolute atomic E-state index is 12.3. The molecule has 0 saturated carbocycles. The third-order valence-electron chi connectivity index (χ3n) is 3.92. The quantitative estimate of drug-likeness (QED) is 0.604. The molecule has 1 N–H and O–H groups in total. The van der Waals surface area contributed by atoms with Gasteiger partial charge in [0.25, 0.3) is 0 Å². The highest BCUT2D eigenvalue weighted by atomic mass is 32.1. The van der Waals surface area contributed by atoms with Gasteiger partial charge in [-0.2, -0.15) is 0 Å². The topological polar surface area (TPSA) is 59.8 Å². The summed E-state index contributed by atoms with van der Waals surface area (Å²) in [5.41, 5.74) is 4.61. The van der Waals surface area contributed by atoms with Gasteiger partial charge in [-0.3, -0.25) is 4.79 Å². The molecule has 25 heavy (non-hydrogen) atoms. The number of carbonyl (C=O) groups excluding carboxylic acids is 1. The number of aryl methyl sites for hydroxylation is 1. The predicted molar refractivity (Wildman–Crippen MR) is 101 cm³/mol. The number of carbonyl (C=O) groups is 1. The summed E-state index contributed by atoms with van der Waals surface area (Å²) < 4.78 is 1.84. The van der Waals surface area contributed by atoms with Crippen LogP contribution in [-0.4, -0.2) is 20.4 Å². The summed E-state index contributed by atoms with van der Waals surface area (Å²) in [7, 11) is 0. The Kier molecular flexibility index (Phi) is 4.03. The summed E-state index contributed by atoms with van der Waals surface area (Å²) >= 11 is 1.63. The normalized spacial score (nSPS) is 10.9. The largest absolute Gasteiger partial charge is 0.325 e. The van der Waals surface area contributed by atoms with E-state index in [1.165, 1.54) is 0 Å². The molecule has 0 bridgehead atoms. The van der Waals surface area contributed by atoms with Crippen LogP contribution in [0, 0.1) is 6.92 Å². The average molecular weight is 348 g/mol. The third kappa shape index (κ3) is 3.29. The molecule has 124 valence electrons. The number of fused-ring (bicyclic) bond motifs is 1. The van der Waals surface area contributed by atoms with Crippen LogP contribution in [0.3, 0.4) is 0 Å². The van der Waals surface area contributed by atoms with Crippen LogP contribution in [0.15, 0.2) is 60.2 Å². The molecule has 0 spiro atoms. The van der Waals surface area contributed by atoms with Crippen LogP contribution in [0.25, 0.3) is 22.3 Å². The highest BCUT2D eigenvalue weighted by Crippen LogP contribution is 2.23. The zero-order chi connectivity index (χ0) is 17.2. The van der Waals surface area contributed by atoms with Crippen LogP contribution in [0.2, 0.25) is 0 Å². The molecule has 4 rings (SSSR count). The minimum atomic E-state index is -0.0830. The number of rotatable bonds is 4. The predicted octanol–water partition coefficient (Wildman–Crippen LogP) is 4.11. The van der Waals surface area contributed by atoms with E-state index in [0.717, 1.165) is 33.0 Å². The molecule has 5 nitrogen and oxygen atoms in total. The zero-order valence-corrected chi connectivity index (χ0v) is 14.5. The Hall–Kier alpha value is -2.99. The second kappa shape index (κ2) is 6.49. The Balaban J connectivity index is 1.45. The lowest BCUT2D eigenvalue weighted by molar-refractivity contribution is -0.116. The van der Waals surface area contributed by atoms with Crippen molar-refractivity contribution in [3.05, 3.63) is 65.2 Å². The van der Waals surface area contributed by atoms with E-state index >= 15 is 0 Å². The number of benzene rings is 2. The molecular formula is C19H16N4OS. The van der Waals surface area contributed by atoms with Crippen molar-refractivity contribution >= 4 is 34.0 Å². The van der Waals surface area contributed by atoms with Gasteiger partial charge in [-0.15, -0.1) is 11.3 Å². The van der Waals surface area contributed by atoms with Crippen molar-refractivity contribution in [2.45, 2.75) is 13.5 Å². The van der Waals surface area contributed by atoms with E-state index in [-0.39, 0.29) is 12.5 Å². The third-order valence-corrected chi connectivity index (χ3v) is 4.70. The van der Waals surface area contributed by atoms with Crippen molar-refractivity contribution < 1.29 is 4.79 Å². The number of para-hydroxylation sites is 2. The van der Waals surface area contributed by atoms with E-state index in [1.807, 2.05) is 65.4 Å². The molecule has 4 aromatic rings. The van der Waals surface area contributed by atoms with Crippen molar-refractivity contribution in [2.75, 3.05) is 5.32 Å². The molecule has 2 heterocycles. The number of hydrogen-bond donors (Lipinski definition) is 1. The fourth-order valence-electron chi connectivity index (χ4n) is 2.71. The molecule has 0 unspecified atom stereocenters. The number of imidazole rings is 1. The van der Waals surface area contributed by atoms with Gasteiger partial charge in [0.1, 0.15) is 6.54 Å². The summed E-state index contributed by atoms with van der Waals surface area (Å²) in [6, 6.07) is 15.5. The van der Waals surface area contributed by atoms with E-state index in [4.69, 9.17) is 0 Å². The molecule has 2 aromatic heterocycles. The van der Waals surface area contributed by atoms with Crippen molar-refractivity contribution in [1.82, 2.24) is 14.5 Å². The molecule has 6 heteroatoms. The summed E-state index contributed by atoms with van der Waals surface area (Å²) in [4.78, 5) is 21.1.